The van der Waals surface area contributed by atoms with E-state index in [-0.39, 0.29) is 10.8 Å². The number of benzene rings is 2. The Hall–Kier alpha value is -1.53. The Morgan fingerprint density at radius 2 is 1.63 bits per heavy atom. The summed E-state index contributed by atoms with van der Waals surface area (Å²) in [6.07, 6.45) is 5.51. The molecule has 1 fully saturated rings. The number of hydrogen-bond acceptors (Lipinski definition) is 2. The lowest BCUT2D eigenvalue weighted by atomic mass is 9.83. The van der Waals surface area contributed by atoms with Crippen molar-refractivity contribution in [3.8, 4) is 6.07 Å². The SMILES string of the molecule is CC#N.CCN(CCCc1ccc(C2CCC(Cl)C(Cl)C2)cc1)Cc1ccccc1. The van der Waals surface area contributed by atoms with Gasteiger partial charge in [-0.3, -0.25) is 4.90 Å². The van der Waals surface area contributed by atoms with Crippen molar-refractivity contribution in [3.05, 3.63) is 71.3 Å². The number of halogens is 2. The molecule has 3 atom stereocenters. The van der Waals surface area contributed by atoms with Gasteiger partial charge in [-0.2, -0.15) is 5.26 Å². The topological polar surface area (TPSA) is 27.0 Å². The predicted molar refractivity (Wildman–Crippen MR) is 129 cm³/mol. The second kappa shape index (κ2) is 13.7. The number of alkyl halides is 2. The summed E-state index contributed by atoms with van der Waals surface area (Å²) in [6.45, 7) is 6.95. The Morgan fingerprint density at radius 1 is 0.967 bits per heavy atom. The van der Waals surface area contributed by atoms with Crippen LogP contribution in [-0.2, 0) is 13.0 Å². The second-order valence-electron chi connectivity index (χ2n) is 7.97. The van der Waals surface area contributed by atoms with Crippen LogP contribution in [0.15, 0.2) is 54.6 Å². The van der Waals surface area contributed by atoms with Crippen molar-refractivity contribution in [1.82, 2.24) is 4.90 Å². The number of aryl methyl sites for hydroxylation is 1. The number of nitriles is 1. The molecule has 3 rings (SSSR count). The van der Waals surface area contributed by atoms with E-state index in [1.54, 1.807) is 6.07 Å². The third kappa shape index (κ3) is 8.31. The fraction of sp³-hybridized carbons (Fsp3) is 0.500. The zero-order valence-corrected chi connectivity index (χ0v) is 19.7. The smallest absolute Gasteiger partial charge is 0.0587 e. The van der Waals surface area contributed by atoms with Crippen molar-refractivity contribution in [2.45, 2.75) is 69.2 Å². The summed E-state index contributed by atoms with van der Waals surface area (Å²) < 4.78 is 0. The van der Waals surface area contributed by atoms with Crippen LogP contribution in [-0.4, -0.2) is 28.7 Å². The minimum Gasteiger partial charge on any atom is -0.299 e. The molecule has 30 heavy (non-hydrogen) atoms. The quantitative estimate of drug-likeness (QED) is 0.403. The van der Waals surface area contributed by atoms with Gasteiger partial charge in [0, 0.05) is 18.8 Å². The maximum atomic E-state index is 7.32. The van der Waals surface area contributed by atoms with Crippen LogP contribution in [0.3, 0.4) is 0 Å². The van der Waals surface area contributed by atoms with Crippen LogP contribution in [0.4, 0.5) is 0 Å². The molecule has 2 aromatic rings. The molecule has 162 valence electrons. The molecule has 3 unspecified atom stereocenters. The van der Waals surface area contributed by atoms with E-state index in [1.807, 2.05) is 0 Å². The summed E-state index contributed by atoms with van der Waals surface area (Å²) in [5.74, 6) is 0.568. The van der Waals surface area contributed by atoms with Crippen molar-refractivity contribution in [3.63, 3.8) is 0 Å². The van der Waals surface area contributed by atoms with Gasteiger partial charge in [0.1, 0.15) is 0 Å². The van der Waals surface area contributed by atoms with Gasteiger partial charge in [-0.15, -0.1) is 23.2 Å². The summed E-state index contributed by atoms with van der Waals surface area (Å²) in [4.78, 5) is 2.52. The summed E-state index contributed by atoms with van der Waals surface area (Å²) in [6, 6.07) is 21.7. The average Bonchev–Trinajstić information content (AvgIpc) is 2.77. The zero-order chi connectivity index (χ0) is 21.8. The van der Waals surface area contributed by atoms with Crippen LogP contribution in [0, 0.1) is 11.3 Å². The van der Waals surface area contributed by atoms with Gasteiger partial charge in [-0.25, -0.2) is 0 Å². The van der Waals surface area contributed by atoms with Crippen LogP contribution >= 0.6 is 23.2 Å². The molecule has 0 amide bonds. The second-order valence-corrected chi connectivity index (χ2v) is 9.09. The molecule has 0 N–H and O–H groups in total. The van der Waals surface area contributed by atoms with Crippen LogP contribution < -0.4 is 0 Å². The molecule has 0 aromatic heterocycles. The van der Waals surface area contributed by atoms with Crippen LogP contribution in [0.5, 0.6) is 0 Å². The van der Waals surface area contributed by atoms with Crippen LogP contribution in [0.25, 0.3) is 0 Å². The molecule has 2 aromatic carbocycles. The van der Waals surface area contributed by atoms with Crippen molar-refractivity contribution in [2.75, 3.05) is 13.1 Å². The van der Waals surface area contributed by atoms with Gasteiger partial charge in [0.25, 0.3) is 0 Å². The first-order valence-electron chi connectivity index (χ1n) is 11.0. The third-order valence-corrected chi connectivity index (χ3v) is 6.91. The van der Waals surface area contributed by atoms with E-state index in [9.17, 15) is 0 Å². The lowest BCUT2D eigenvalue weighted by Gasteiger charge is -2.29. The fourth-order valence-corrected chi connectivity index (χ4v) is 4.61. The van der Waals surface area contributed by atoms with Crippen molar-refractivity contribution in [2.24, 2.45) is 0 Å². The van der Waals surface area contributed by atoms with E-state index in [1.165, 1.54) is 30.0 Å². The highest BCUT2D eigenvalue weighted by Gasteiger charge is 2.28. The first-order chi connectivity index (χ1) is 14.6. The van der Waals surface area contributed by atoms with E-state index in [2.05, 4.69) is 66.4 Å². The van der Waals surface area contributed by atoms with Crippen molar-refractivity contribution >= 4 is 23.2 Å². The summed E-state index contributed by atoms with van der Waals surface area (Å²) >= 11 is 12.6. The highest BCUT2D eigenvalue weighted by Crippen LogP contribution is 2.37. The van der Waals surface area contributed by atoms with Crippen molar-refractivity contribution in [1.29, 1.82) is 5.26 Å². The Labute approximate surface area is 192 Å². The molecule has 0 saturated heterocycles. The zero-order valence-electron chi connectivity index (χ0n) is 18.2. The molecule has 0 bridgehead atoms. The highest BCUT2D eigenvalue weighted by molar-refractivity contribution is 6.30. The van der Waals surface area contributed by atoms with Gasteiger partial charge in [-0.05, 0) is 67.8 Å². The van der Waals surface area contributed by atoms with Gasteiger partial charge in [0.15, 0.2) is 0 Å². The third-order valence-electron chi connectivity index (χ3n) is 5.78. The van der Waals surface area contributed by atoms with Gasteiger partial charge in [0.05, 0.1) is 11.4 Å². The Balaban J connectivity index is 0.00000101. The van der Waals surface area contributed by atoms with Gasteiger partial charge < -0.3 is 0 Å². The minimum absolute atomic E-state index is 0.106. The van der Waals surface area contributed by atoms with Gasteiger partial charge in [0.2, 0.25) is 0 Å². The summed E-state index contributed by atoms with van der Waals surface area (Å²) in [7, 11) is 0. The molecular weight excluding hydrogens is 411 g/mol. The fourth-order valence-electron chi connectivity index (χ4n) is 4.04. The molecular formula is C26H34Cl2N2. The van der Waals surface area contributed by atoms with Crippen LogP contribution in [0.1, 0.15) is 62.1 Å². The number of nitrogens with zero attached hydrogens (tertiary/aromatic N) is 2. The number of rotatable bonds is 8. The predicted octanol–water partition coefficient (Wildman–Crippen LogP) is 7.15. The van der Waals surface area contributed by atoms with Crippen LogP contribution in [0.2, 0.25) is 0 Å². The van der Waals surface area contributed by atoms with E-state index >= 15 is 0 Å². The molecule has 1 saturated carbocycles. The molecule has 0 radical (unpaired) electrons. The summed E-state index contributed by atoms with van der Waals surface area (Å²) in [5.41, 5.74) is 4.25. The molecule has 0 spiro atoms. The summed E-state index contributed by atoms with van der Waals surface area (Å²) in [5, 5.41) is 7.56. The van der Waals surface area contributed by atoms with Gasteiger partial charge >= 0.3 is 0 Å². The first kappa shape index (κ1) is 24.7. The normalized spacial score (nSPS) is 20.9. The first-order valence-corrected chi connectivity index (χ1v) is 11.9. The van der Waals surface area contributed by atoms with E-state index in [4.69, 9.17) is 28.5 Å². The molecule has 4 heteroatoms. The highest BCUT2D eigenvalue weighted by atomic mass is 35.5. The Kier molecular flexibility index (Phi) is 11.3. The maximum absolute atomic E-state index is 7.32. The van der Waals surface area contributed by atoms with E-state index in [0.29, 0.717) is 5.92 Å². The van der Waals surface area contributed by atoms with E-state index in [0.717, 1.165) is 45.3 Å². The molecule has 2 nitrogen and oxygen atoms in total. The lowest BCUT2D eigenvalue weighted by Crippen LogP contribution is -2.24. The molecule has 0 aliphatic heterocycles. The van der Waals surface area contributed by atoms with Gasteiger partial charge in [-0.1, -0.05) is 61.5 Å². The number of hydrogen-bond donors (Lipinski definition) is 0. The minimum atomic E-state index is 0.106. The molecule has 1 aliphatic rings. The largest absolute Gasteiger partial charge is 0.299 e. The Bertz CT molecular complexity index is 755. The van der Waals surface area contributed by atoms with Crippen molar-refractivity contribution < 1.29 is 0 Å². The molecule has 1 aliphatic carbocycles. The van der Waals surface area contributed by atoms with E-state index < -0.39 is 0 Å². The standard InChI is InChI=1S/C24H31Cl2N.C2H3N/c1-2-27(18-20-7-4-3-5-8-20)16-6-9-19-10-12-21(13-11-19)22-14-15-23(25)24(26)17-22;1-2-3/h3-5,7-8,10-13,22-24H,2,6,9,14-18H2,1H3;1H3. The monoisotopic (exact) mass is 444 g/mol. The Morgan fingerprint density at radius 3 is 2.23 bits per heavy atom. The molecule has 0 heterocycles. The maximum Gasteiger partial charge on any atom is 0.0587 e. The average molecular weight is 445 g/mol. The lowest BCUT2D eigenvalue weighted by molar-refractivity contribution is 0.276.